The zero-order valence-electron chi connectivity index (χ0n) is 12.0. The first-order chi connectivity index (χ1) is 10.5. The van der Waals surface area contributed by atoms with E-state index in [4.69, 9.17) is 16.3 Å². The minimum atomic E-state index is -0.549. The fourth-order valence-electron chi connectivity index (χ4n) is 1.74. The van der Waals surface area contributed by atoms with Crippen LogP contribution in [0.4, 0.5) is 0 Å². The number of rotatable bonds is 5. The fourth-order valence-corrected chi connectivity index (χ4v) is 2.91. The molecular formula is C14H14ClN3O3S. The summed E-state index contributed by atoms with van der Waals surface area (Å²) in [6.45, 7) is 1.81. The Morgan fingerprint density at radius 2 is 2.09 bits per heavy atom. The molecule has 1 amide bonds. The Bertz CT molecular complexity index is 643. The molecule has 0 saturated carbocycles. The van der Waals surface area contributed by atoms with Crippen molar-refractivity contribution < 1.29 is 14.3 Å². The lowest BCUT2D eigenvalue weighted by Gasteiger charge is -2.01. The number of ether oxygens (including phenoxy) is 1. The number of benzene rings is 1. The zero-order chi connectivity index (χ0) is 16.1. The lowest BCUT2D eigenvalue weighted by molar-refractivity contribution is -0.121. The van der Waals surface area contributed by atoms with E-state index in [-0.39, 0.29) is 12.3 Å². The van der Waals surface area contributed by atoms with E-state index in [2.05, 4.69) is 15.5 Å². The van der Waals surface area contributed by atoms with E-state index in [1.54, 1.807) is 7.11 Å². The number of nitrogens with one attached hydrogen (secondary N) is 1. The molecule has 0 aromatic heterocycles. The molecular weight excluding hydrogens is 326 g/mol. The summed E-state index contributed by atoms with van der Waals surface area (Å²) in [7, 11) is 1.60. The first-order valence-electron chi connectivity index (χ1n) is 6.42. The first-order valence-corrected chi connectivity index (χ1v) is 7.68. The molecule has 1 aromatic rings. The van der Waals surface area contributed by atoms with Crippen LogP contribution >= 0.6 is 23.4 Å². The number of hydrogen-bond donors (Lipinski definition) is 1. The maximum absolute atomic E-state index is 11.6. The second kappa shape index (κ2) is 7.42. The Labute approximate surface area is 137 Å². The monoisotopic (exact) mass is 339 g/mol. The first kappa shape index (κ1) is 16.5. The summed E-state index contributed by atoms with van der Waals surface area (Å²) in [5, 5.41) is 9.93. The van der Waals surface area contributed by atoms with E-state index >= 15 is 0 Å². The molecule has 1 atom stereocenters. The van der Waals surface area contributed by atoms with Crippen molar-refractivity contribution in [2.24, 2.45) is 10.2 Å². The summed E-state index contributed by atoms with van der Waals surface area (Å²) in [6, 6.07) is 7.39. The quantitative estimate of drug-likeness (QED) is 0.506. The van der Waals surface area contributed by atoms with Gasteiger partial charge < -0.3 is 10.1 Å². The molecule has 1 aliphatic heterocycles. The van der Waals surface area contributed by atoms with Crippen molar-refractivity contribution in [1.82, 2.24) is 5.32 Å². The van der Waals surface area contributed by atoms with Crippen LogP contribution in [0, 0.1) is 0 Å². The highest BCUT2D eigenvalue weighted by atomic mass is 35.5. The molecule has 0 aliphatic carbocycles. The summed E-state index contributed by atoms with van der Waals surface area (Å²) in [5.41, 5.74) is 1.59. The maximum Gasteiger partial charge on any atom is 0.240 e. The Hall–Kier alpha value is -1.86. The van der Waals surface area contributed by atoms with Gasteiger partial charge in [0.15, 0.2) is 5.17 Å². The van der Waals surface area contributed by atoms with Crippen molar-refractivity contribution in [3.05, 3.63) is 29.8 Å². The van der Waals surface area contributed by atoms with Gasteiger partial charge in [0.1, 0.15) is 5.75 Å². The topological polar surface area (TPSA) is 80.1 Å². The van der Waals surface area contributed by atoms with Gasteiger partial charge >= 0.3 is 0 Å². The number of amidine groups is 1. The summed E-state index contributed by atoms with van der Waals surface area (Å²) in [6.07, 6.45) is -0.0295. The Kier molecular flexibility index (Phi) is 5.57. The molecule has 8 heteroatoms. The van der Waals surface area contributed by atoms with Crippen molar-refractivity contribution in [3.63, 3.8) is 0 Å². The molecule has 22 heavy (non-hydrogen) atoms. The lowest BCUT2D eigenvalue weighted by Crippen LogP contribution is -2.25. The molecule has 1 aromatic carbocycles. The van der Waals surface area contributed by atoms with Crippen LogP contribution in [0.15, 0.2) is 34.5 Å². The van der Waals surface area contributed by atoms with E-state index in [1.165, 1.54) is 0 Å². The van der Waals surface area contributed by atoms with Gasteiger partial charge in [0, 0.05) is 6.42 Å². The second-order valence-electron chi connectivity index (χ2n) is 4.47. The highest BCUT2D eigenvalue weighted by Crippen LogP contribution is 2.23. The van der Waals surface area contributed by atoms with Gasteiger partial charge in [0.05, 0.1) is 18.1 Å². The summed E-state index contributed by atoms with van der Waals surface area (Å²) >= 11 is 6.44. The molecule has 0 bridgehead atoms. The summed E-state index contributed by atoms with van der Waals surface area (Å²) in [4.78, 5) is 22.5. The van der Waals surface area contributed by atoms with Crippen LogP contribution in [-0.4, -0.2) is 34.4 Å². The van der Waals surface area contributed by atoms with Crippen molar-refractivity contribution >= 4 is 45.4 Å². The minimum absolute atomic E-state index is 0.0295. The highest BCUT2D eigenvalue weighted by Gasteiger charge is 2.31. The van der Waals surface area contributed by atoms with E-state index in [0.717, 1.165) is 23.1 Å². The maximum atomic E-state index is 11.6. The number of hydrogen-bond acceptors (Lipinski definition) is 6. The molecule has 1 saturated heterocycles. The van der Waals surface area contributed by atoms with Crippen LogP contribution in [0.25, 0.3) is 0 Å². The third kappa shape index (κ3) is 4.32. The van der Waals surface area contributed by atoms with Gasteiger partial charge in [0.25, 0.3) is 0 Å². The fraction of sp³-hybridized carbons (Fsp3) is 0.286. The van der Waals surface area contributed by atoms with Gasteiger partial charge in [-0.05, 0) is 48.4 Å². The number of carbonyl (C=O) groups excluding carboxylic acids is 2. The van der Waals surface area contributed by atoms with E-state index in [9.17, 15) is 9.59 Å². The van der Waals surface area contributed by atoms with Crippen LogP contribution in [0.2, 0.25) is 0 Å². The van der Waals surface area contributed by atoms with E-state index < -0.39 is 10.5 Å². The Morgan fingerprint density at radius 1 is 1.41 bits per heavy atom. The van der Waals surface area contributed by atoms with Crippen LogP contribution in [0.5, 0.6) is 5.75 Å². The van der Waals surface area contributed by atoms with Gasteiger partial charge in [-0.15, -0.1) is 5.10 Å². The highest BCUT2D eigenvalue weighted by molar-refractivity contribution is 8.15. The molecule has 1 N–H and O–H groups in total. The molecule has 1 aliphatic rings. The van der Waals surface area contributed by atoms with Crippen molar-refractivity contribution in [2.45, 2.75) is 18.6 Å². The smallest absolute Gasteiger partial charge is 0.240 e. The standard InChI is InChI=1S/C14H14ClN3O3S/c1-8(9-3-5-10(21-2)6-4-9)17-18-14-16-13(20)11(22-14)7-12(15)19/h3-6,11H,7H2,1-2H3,(H,16,18,20). The van der Waals surface area contributed by atoms with Crippen LogP contribution in [0.1, 0.15) is 18.9 Å². The van der Waals surface area contributed by atoms with Gasteiger partial charge in [-0.1, -0.05) is 11.8 Å². The van der Waals surface area contributed by atoms with Crippen LogP contribution < -0.4 is 10.1 Å². The van der Waals surface area contributed by atoms with Gasteiger partial charge in [-0.2, -0.15) is 5.10 Å². The van der Waals surface area contributed by atoms with Gasteiger partial charge in [0.2, 0.25) is 11.1 Å². The van der Waals surface area contributed by atoms with E-state index in [1.807, 2.05) is 31.2 Å². The molecule has 1 heterocycles. The van der Waals surface area contributed by atoms with Crippen molar-refractivity contribution in [1.29, 1.82) is 0 Å². The second-order valence-corrected chi connectivity index (χ2v) is 6.09. The molecule has 1 fully saturated rings. The Balaban J connectivity index is 2.06. The zero-order valence-corrected chi connectivity index (χ0v) is 13.6. The Morgan fingerprint density at radius 3 is 2.68 bits per heavy atom. The molecule has 1 unspecified atom stereocenters. The summed E-state index contributed by atoms with van der Waals surface area (Å²) < 4.78 is 5.09. The SMILES string of the molecule is COc1ccc(C(C)=NN=C2NC(=O)C(CC(=O)Cl)S2)cc1. The number of thioether (sulfide) groups is 1. The molecule has 0 radical (unpaired) electrons. The number of methoxy groups -OCH3 is 1. The normalized spacial score (nSPS) is 20.1. The number of amides is 1. The third-order valence-corrected chi connectivity index (χ3v) is 4.15. The number of halogens is 1. The largest absolute Gasteiger partial charge is 0.497 e. The predicted molar refractivity (Wildman–Crippen MR) is 87.6 cm³/mol. The average Bonchev–Trinajstić information content (AvgIpc) is 2.84. The van der Waals surface area contributed by atoms with Crippen LogP contribution in [0.3, 0.4) is 0 Å². The average molecular weight is 340 g/mol. The van der Waals surface area contributed by atoms with Crippen LogP contribution in [-0.2, 0) is 9.59 Å². The summed E-state index contributed by atoms with van der Waals surface area (Å²) in [5.74, 6) is 0.477. The third-order valence-electron chi connectivity index (χ3n) is 2.92. The molecule has 0 spiro atoms. The number of nitrogens with zero attached hydrogens (tertiary/aromatic N) is 2. The lowest BCUT2D eigenvalue weighted by atomic mass is 10.1. The van der Waals surface area contributed by atoms with E-state index in [0.29, 0.717) is 10.9 Å². The van der Waals surface area contributed by atoms with Gasteiger partial charge in [-0.25, -0.2) is 0 Å². The van der Waals surface area contributed by atoms with Crippen molar-refractivity contribution in [2.75, 3.05) is 7.11 Å². The van der Waals surface area contributed by atoms with Crippen molar-refractivity contribution in [3.8, 4) is 5.75 Å². The predicted octanol–water partition coefficient (Wildman–Crippen LogP) is 2.16. The molecule has 6 nitrogen and oxygen atoms in total. The number of carbonyl (C=O) groups is 2. The molecule has 2 rings (SSSR count). The van der Waals surface area contributed by atoms with Gasteiger partial charge in [-0.3, -0.25) is 9.59 Å². The minimum Gasteiger partial charge on any atom is -0.497 e. The molecule has 116 valence electrons.